The van der Waals surface area contributed by atoms with Gasteiger partial charge in [0.05, 0.1) is 10.9 Å². The number of piperazine rings is 1. The van der Waals surface area contributed by atoms with E-state index in [0.717, 1.165) is 10.0 Å². The van der Waals surface area contributed by atoms with Crippen molar-refractivity contribution in [3.05, 3.63) is 58.6 Å². The van der Waals surface area contributed by atoms with Gasteiger partial charge in [0.25, 0.3) is 5.91 Å². The molecule has 0 saturated carbocycles. The van der Waals surface area contributed by atoms with Crippen LogP contribution in [0.3, 0.4) is 0 Å². The van der Waals surface area contributed by atoms with Gasteiger partial charge in [-0.05, 0) is 51.2 Å². The number of para-hydroxylation sites is 1. The number of carbonyl (C=O) groups is 3. The van der Waals surface area contributed by atoms with Gasteiger partial charge in [-0.3, -0.25) is 14.4 Å². The van der Waals surface area contributed by atoms with Crippen molar-refractivity contribution in [1.29, 1.82) is 0 Å². The van der Waals surface area contributed by atoms with Gasteiger partial charge >= 0.3 is 5.97 Å². The zero-order chi connectivity index (χ0) is 25.4. The van der Waals surface area contributed by atoms with E-state index >= 15 is 0 Å². The smallest absolute Gasteiger partial charge is 0.308 e. The second-order valence-electron chi connectivity index (χ2n) is 9.16. The second-order valence-corrected chi connectivity index (χ2v) is 10.0. The van der Waals surface area contributed by atoms with Gasteiger partial charge in [-0.2, -0.15) is 0 Å². The number of halogens is 1. The van der Waals surface area contributed by atoms with E-state index < -0.39 is 17.9 Å². The van der Waals surface area contributed by atoms with Crippen LogP contribution in [-0.4, -0.2) is 61.6 Å². The molecule has 1 N–H and O–H groups in total. The number of rotatable bonds is 9. The summed E-state index contributed by atoms with van der Waals surface area (Å²) in [6.07, 6.45) is -0.243. The van der Waals surface area contributed by atoms with E-state index in [-0.39, 0.29) is 44.1 Å². The van der Waals surface area contributed by atoms with Gasteiger partial charge in [-0.15, -0.1) is 0 Å². The molecule has 1 atom stereocenters. The van der Waals surface area contributed by atoms with Crippen LogP contribution in [0.2, 0.25) is 0 Å². The molecule has 0 aromatic heterocycles. The summed E-state index contributed by atoms with van der Waals surface area (Å²) in [5, 5.41) is 2.70. The number of amides is 2. The molecule has 1 saturated heterocycles. The predicted octanol–water partition coefficient (Wildman–Crippen LogP) is 3.46. The van der Waals surface area contributed by atoms with E-state index in [2.05, 4.69) is 42.0 Å². The fraction of sp³-hybridized carbons (Fsp3) is 0.423. The summed E-state index contributed by atoms with van der Waals surface area (Å²) in [6, 6.07) is 14.0. The molecule has 1 aliphatic heterocycles. The zero-order valence-corrected chi connectivity index (χ0v) is 21.8. The summed E-state index contributed by atoms with van der Waals surface area (Å²) >= 11 is 3.50. The van der Waals surface area contributed by atoms with Crippen LogP contribution in [0.5, 0.6) is 11.5 Å². The normalized spacial score (nSPS) is 15.8. The van der Waals surface area contributed by atoms with E-state index in [1.807, 2.05) is 36.4 Å². The van der Waals surface area contributed by atoms with Crippen LogP contribution < -0.4 is 14.8 Å². The maximum Gasteiger partial charge on any atom is 0.308 e. The van der Waals surface area contributed by atoms with Gasteiger partial charge in [-0.1, -0.05) is 45.0 Å². The lowest BCUT2D eigenvalue weighted by Gasteiger charge is -2.34. The first-order valence-corrected chi connectivity index (χ1v) is 12.3. The third-order valence-electron chi connectivity index (χ3n) is 5.52. The number of nitrogens with zero attached hydrogens (tertiary/aromatic N) is 1. The van der Waals surface area contributed by atoms with Crippen molar-refractivity contribution in [3.8, 4) is 11.5 Å². The summed E-state index contributed by atoms with van der Waals surface area (Å²) in [5.74, 6) is -0.147. The highest BCUT2D eigenvalue weighted by molar-refractivity contribution is 9.10. The molecule has 8 nitrogen and oxygen atoms in total. The van der Waals surface area contributed by atoms with Crippen LogP contribution in [0.15, 0.2) is 53.0 Å². The highest BCUT2D eigenvalue weighted by atomic mass is 79.9. The van der Waals surface area contributed by atoms with Crippen molar-refractivity contribution in [2.24, 2.45) is 0 Å². The van der Waals surface area contributed by atoms with E-state index in [0.29, 0.717) is 18.0 Å². The molecule has 188 valence electrons. The molecule has 2 aromatic rings. The Balaban J connectivity index is 1.52. The molecule has 1 heterocycles. The van der Waals surface area contributed by atoms with Gasteiger partial charge < -0.3 is 24.4 Å². The summed E-state index contributed by atoms with van der Waals surface area (Å²) in [7, 11) is 0. The van der Waals surface area contributed by atoms with Crippen molar-refractivity contribution in [1.82, 2.24) is 10.2 Å². The lowest BCUT2D eigenvalue weighted by molar-refractivity contribution is -0.152. The summed E-state index contributed by atoms with van der Waals surface area (Å²) in [6.45, 7) is 6.91. The average Bonchev–Trinajstić information content (AvgIpc) is 2.82. The first-order chi connectivity index (χ1) is 16.6. The van der Waals surface area contributed by atoms with Crippen LogP contribution in [0, 0.1) is 0 Å². The van der Waals surface area contributed by atoms with Crippen molar-refractivity contribution in [3.63, 3.8) is 0 Å². The Morgan fingerprint density at radius 1 is 1.09 bits per heavy atom. The third-order valence-corrected chi connectivity index (χ3v) is 6.14. The van der Waals surface area contributed by atoms with E-state index in [4.69, 9.17) is 14.2 Å². The summed E-state index contributed by atoms with van der Waals surface area (Å²) in [4.78, 5) is 39.0. The van der Waals surface area contributed by atoms with Crippen molar-refractivity contribution in [2.75, 3.05) is 32.9 Å². The summed E-state index contributed by atoms with van der Waals surface area (Å²) < 4.78 is 17.2. The molecular weight excluding hydrogens is 516 g/mol. The number of carbonyl (C=O) groups excluding carboxylic acids is 3. The van der Waals surface area contributed by atoms with Gasteiger partial charge in [0, 0.05) is 13.1 Å². The van der Waals surface area contributed by atoms with Crippen molar-refractivity contribution in [2.45, 2.75) is 38.6 Å². The standard InChI is InChI=1S/C26H31BrN2O6/c1-26(2,3)18-9-10-22(20(27)15-18)35-17-23(30)29-12-11-28-25(32)21(29)16-24(31)34-14-13-33-19-7-5-4-6-8-19/h4-10,15,21H,11-14,16-17H2,1-3H3,(H,28,32). The minimum atomic E-state index is -0.950. The minimum absolute atomic E-state index is 0.0203. The topological polar surface area (TPSA) is 94.2 Å². The molecule has 1 unspecified atom stereocenters. The SMILES string of the molecule is CC(C)(C)c1ccc(OCC(=O)N2CCNC(=O)C2CC(=O)OCCOc2ccccc2)c(Br)c1. The van der Waals surface area contributed by atoms with Crippen molar-refractivity contribution < 1.29 is 28.6 Å². The molecule has 2 amide bonds. The number of esters is 1. The molecule has 9 heteroatoms. The third kappa shape index (κ3) is 7.71. The molecule has 1 aliphatic rings. The highest BCUT2D eigenvalue weighted by Crippen LogP contribution is 2.31. The van der Waals surface area contributed by atoms with Crippen LogP contribution in [0.1, 0.15) is 32.8 Å². The van der Waals surface area contributed by atoms with Gasteiger partial charge in [0.15, 0.2) is 6.61 Å². The first kappa shape index (κ1) is 26.5. The maximum atomic E-state index is 12.9. The predicted molar refractivity (Wildman–Crippen MR) is 134 cm³/mol. The molecule has 0 aliphatic carbocycles. The Morgan fingerprint density at radius 3 is 2.51 bits per heavy atom. The number of nitrogens with one attached hydrogen (secondary N) is 1. The number of benzene rings is 2. The highest BCUT2D eigenvalue weighted by Gasteiger charge is 2.35. The number of hydrogen-bond donors (Lipinski definition) is 1. The number of ether oxygens (including phenoxy) is 3. The Hall–Kier alpha value is -3.07. The van der Waals surface area contributed by atoms with Crippen LogP contribution in [0.25, 0.3) is 0 Å². The fourth-order valence-electron chi connectivity index (χ4n) is 3.57. The minimum Gasteiger partial charge on any atom is -0.490 e. The lowest BCUT2D eigenvalue weighted by Crippen LogP contribution is -2.58. The van der Waals surface area contributed by atoms with Gasteiger partial charge in [0.2, 0.25) is 5.91 Å². The monoisotopic (exact) mass is 546 g/mol. The number of hydrogen-bond acceptors (Lipinski definition) is 6. The van der Waals surface area contributed by atoms with E-state index in [1.165, 1.54) is 4.90 Å². The largest absolute Gasteiger partial charge is 0.490 e. The fourth-order valence-corrected chi connectivity index (χ4v) is 4.06. The van der Waals surface area contributed by atoms with E-state index in [1.54, 1.807) is 12.1 Å². The second kappa shape index (κ2) is 12.1. The van der Waals surface area contributed by atoms with Gasteiger partial charge in [-0.25, -0.2) is 0 Å². The Kier molecular flexibility index (Phi) is 9.14. The Morgan fingerprint density at radius 2 is 1.83 bits per heavy atom. The molecule has 0 bridgehead atoms. The molecule has 2 aromatic carbocycles. The quantitative estimate of drug-likeness (QED) is 0.382. The molecule has 0 spiro atoms. The average molecular weight is 547 g/mol. The Bertz CT molecular complexity index is 1040. The van der Waals surface area contributed by atoms with Crippen LogP contribution in [-0.2, 0) is 24.5 Å². The van der Waals surface area contributed by atoms with Crippen LogP contribution in [0.4, 0.5) is 0 Å². The summed E-state index contributed by atoms with van der Waals surface area (Å²) in [5.41, 5.74) is 1.11. The van der Waals surface area contributed by atoms with Crippen molar-refractivity contribution >= 4 is 33.7 Å². The zero-order valence-electron chi connectivity index (χ0n) is 20.2. The molecular formula is C26H31BrN2O6. The van der Waals surface area contributed by atoms with Gasteiger partial charge in [0.1, 0.15) is 30.8 Å². The first-order valence-electron chi connectivity index (χ1n) is 11.5. The molecule has 0 radical (unpaired) electrons. The van der Waals surface area contributed by atoms with E-state index in [9.17, 15) is 14.4 Å². The molecule has 1 fully saturated rings. The molecule has 3 rings (SSSR count). The molecule has 35 heavy (non-hydrogen) atoms. The Labute approximate surface area is 214 Å². The lowest BCUT2D eigenvalue weighted by atomic mass is 9.87. The van der Waals surface area contributed by atoms with Crippen LogP contribution >= 0.6 is 15.9 Å². The maximum absolute atomic E-state index is 12.9.